The van der Waals surface area contributed by atoms with Crippen molar-refractivity contribution < 1.29 is 14.4 Å². The van der Waals surface area contributed by atoms with Crippen molar-refractivity contribution in [2.24, 2.45) is 0 Å². The van der Waals surface area contributed by atoms with Gasteiger partial charge in [-0.15, -0.1) is 0 Å². The van der Waals surface area contributed by atoms with Gasteiger partial charge in [-0.05, 0) is 46.5 Å². The van der Waals surface area contributed by atoms with E-state index in [9.17, 15) is 14.4 Å². The summed E-state index contributed by atoms with van der Waals surface area (Å²) in [5.74, 6) is -0.733. The van der Waals surface area contributed by atoms with Crippen LogP contribution in [0.4, 0.5) is 0 Å². The number of fused-ring (bicyclic) bond motifs is 1. The van der Waals surface area contributed by atoms with Crippen molar-refractivity contribution in [1.29, 1.82) is 0 Å². The lowest BCUT2D eigenvalue weighted by atomic mass is 9.93. The number of rotatable bonds is 5. The third-order valence-corrected chi connectivity index (χ3v) is 6.00. The van der Waals surface area contributed by atoms with Crippen LogP contribution in [0.1, 0.15) is 80.3 Å². The zero-order chi connectivity index (χ0) is 20.1. The molecule has 2 saturated carbocycles. The molecule has 0 aromatic carbocycles. The Balaban J connectivity index is 1.66. The first kappa shape index (κ1) is 19.0. The highest BCUT2D eigenvalue weighted by atomic mass is 16.2. The summed E-state index contributed by atoms with van der Waals surface area (Å²) in [4.78, 5) is 45.1. The van der Waals surface area contributed by atoms with E-state index in [0.717, 1.165) is 38.5 Å². The highest BCUT2D eigenvalue weighted by Gasteiger charge is 2.54. The summed E-state index contributed by atoms with van der Waals surface area (Å²) in [5.41, 5.74) is -0.542. The first-order chi connectivity index (χ1) is 13.3. The molecule has 2 aliphatic carbocycles. The fraction of sp³-hybridized carbons (Fsp3) is 0.700. The van der Waals surface area contributed by atoms with Gasteiger partial charge in [0.1, 0.15) is 11.2 Å². The minimum Gasteiger partial charge on any atom is -0.351 e. The number of hydrogen-bond acceptors (Lipinski definition) is 4. The summed E-state index contributed by atoms with van der Waals surface area (Å²) in [6, 6.07) is 0.194. The van der Waals surface area contributed by atoms with Crippen molar-refractivity contribution in [3.63, 3.8) is 0 Å². The Kier molecular flexibility index (Phi) is 4.67. The third kappa shape index (κ3) is 3.18. The van der Waals surface area contributed by atoms with Crippen molar-refractivity contribution in [1.82, 2.24) is 25.1 Å². The molecule has 28 heavy (non-hydrogen) atoms. The van der Waals surface area contributed by atoms with Gasteiger partial charge in [-0.1, -0.05) is 12.8 Å². The standard InChI is InChI=1S/C20H29N5O3/c1-12(2)22-17(26)15-16-18(27)25(14-8-9-14)20(3,10-24(16)11-21-15)19(28)23-13-6-4-5-7-13/h11-14H,4-10H2,1-3H3,(H,22,26)(H,23,28)/t20-/m0/s1. The maximum absolute atomic E-state index is 13.4. The molecule has 2 heterocycles. The second kappa shape index (κ2) is 6.90. The summed E-state index contributed by atoms with van der Waals surface area (Å²) in [6.07, 6.45) is 7.54. The van der Waals surface area contributed by atoms with Crippen LogP contribution in [-0.2, 0) is 11.3 Å². The Hall–Kier alpha value is -2.38. The highest BCUT2D eigenvalue weighted by Crippen LogP contribution is 2.39. The van der Waals surface area contributed by atoms with E-state index in [-0.39, 0.29) is 47.2 Å². The molecule has 2 fully saturated rings. The number of imidazole rings is 1. The SMILES string of the molecule is CC(C)NC(=O)c1ncn2c1C(=O)N(C1CC1)[C@](C)(C(=O)NC1CCCC1)C2. The molecule has 3 aliphatic rings. The molecule has 152 valence electrons. The Morgan fingerprint density at radius 2 is 1.89 bits per heavy atom. The quantitative estimate of drug-likeness (QED) is 0.799. The molecule has 0 unspecified atom stereocenters. The van der Waals surface area contributed by atoms with E-state index >= 15 is 0 Å². The second-order valence-electron chi connectivity index (χ2n) is 8.83. The molecule has 2 N–H and O–H groups in total. The molecule has 0 bridgehead atoms. The van der Waals surface area contributed by atoms with Crippen molar-refractivity contribution in [2.45, 2.75) is 89.5 Å². The number of amides is 3. The Labute approximate surface area is 165 Å². The van der Waals surface area contributed by atoms with Crippen LogP contribution in [-0.4, -0.2) is 55.8 Å². The molecule has 1 aromatic rings. The number of carbonyl (C=O) groups is 3. The third-order valence-electron chi connectivity index (χ3n) is 6.00. The fourth-order valence-electron chi connectivity index (χ4n) is 4.46. The molecule has 1 aliphatic heterocycles. The van der Waals surface area contributed by atoms with E-state index in [1.807, 2.05) is 20.8 Å². The fourth-order valence-corrected chi connectivity index (χ4v) is 4.46. The van der Waals surface area contributed by atoms with Gasteiger partial charge in [0.2, 0.25) is 5.91 Å². The summed E-state index contributed by atoms with van der Waals surface area (Å²) < 4.78 is 1.67. The van der Waals surface area contributed by atoms with E-state index in [1.54, 1.807) is 9.47 Å². The maximum atomic E-state index is 13.4. The number of aromatic nitrogens is 2. The smallest absolute Gasteiger partial charge is 0.274 e. The Bertz CT molecular complexity index is 807. The lowest BCUT2D eigenvalue weighted by molar-refractivity contribution is -0.134. The van der Waals surface area contributed by atoms with Gasteiger partial charge >= 0.3 is 0 Å². The van der Waals surface area contributed by atoms with Gasteiger partial charge in [-0.2, -0.15) is 0 Å². The van der Waals surface area contributed by atoms with Crippen LogP contribution in [0.25, 0.3) is 0 Å². The molecule has 8 heteroatoms. The molecular formula is C20H29N5O3. The zero-order valence-corrected chi connectivity index (χ0v) is 16.8. The normalized spacial score (nSPS) is 25.1. The van der Waals surface area contributed by atoms with Gasteiger partial charge in [0.25, 0.3) is 11.8 Å². The van der Waals surface area contributed by atoms with Crippen LogP contribution >= 0.6 is 0 Å². The lowest BCUT2D eigenvalue weighted by Gasteiger charge is -2.44. The summed E-state index contributed by atoms with van der Waals surface area (Å²) >= 11 is 0. The van der Waals surface area contributed by atoms with Gasteiger partial charge in [-0.3, -0.25) is 14.4 Å². The first-order valence-electron chi connectivity index (χ1n) is 10.3. The molecule has 4 rings (SSSR count). The van der Waals surface area contributed by atoms with Crippen LogP contribution in [0.3, 0.4) is 0 Å². The van der Waals surface area contributed by atoms with E-state index in [4.69, 9.17) is 0 Å². The zero-order valence-electron chi connectivity index (χ0n) is 16.8. The molecular weight excluding hydrogens is 358 g/mol. The van der Waals surface area contributed by atoms with Gasteiger partial charge in [0, 0.05) is 18.1 Å². The molecule has 0 radical (unpaired) electrons. The monoisotopic (exact) mass is 387 g/mol. The molecule has 0 spiro atoms. The summed E-state index contributed by atoms with van der Waals surface area (Å²) in [5, 5.41) is 5.97. The summed E-state index contributed by atoms with van der Waals surface area (Å²) in [7, 11) is 0. The number of hydrogen-bond donors (Lipinski definition) is 2. The van der Waals surface area contributed by atoms with Crippen LogP contribution in [0.5, 0.6) is 0 Å². The van der Waals surface area contributed by atoms with Gasteiger partial charge < -0.3 is 20.1 Å². The molecule has 1 atom stereocenters. The van der Waals surface area contributed by atoms with Crippen molar-refractivity contribution in [3.8, 4) is 0 Å². The topological polar surface area (TPSA) is 96.3 Å². The van der Waals surface area contributed by atoms with Gasteiger partial charge in [0.05, 0.1) is 12.9 Å². The summed E-state index contributed by atoms with van der Waals surface area (Å²) in [6.45, 7) is 5.88. The van der Waals surface area contributed by atoms with Crippen LogP contribution in [0, 0.1) is 0 Å². The number of carbonyl (C=O) groups excluding carboxylic acids is 3. The number of nitrogens with zero attached hydrogens (tertiary/aromatic N) is 3. The molecule has 3 amide bonds. The maximum Gasteiger partial charge on any atom is 0.274 e. The van der Waals surface area contributed by atoms with Crippen LogP contribution in [0.2, 0.25) is 0 Å². The average Bonchev–Trinajstić information content (AvgIpc) is 3.14. The van der Waals surface area contributed by atoms with E-state index in [2.05, 4.69) is 15.6 Å². The number of nitrogens with one attached hydrogen (secondary N) is 2. The highest BCUT2D eigenvalue weighted by molar-refractivity contribution is 6.07. The molecule has 8 nitrogen and oxygen atoms in total. The lowest BCUT2D eigenvalue weighted by Crippen LogP contribution is -2.65. The van der Waals surface area contributed by atoms with Crippen LogP contribution < -0.4 is 10.6 Å². The minimum absolute atomic E-state index is 0.0504. The molecule has 1 aromatic heterocycles. The van der Waals surface area contributed by atoms with Crippen LogP contribution in [0.15, 0.2) is 6.33 Å². The predicted molar refractivity (Wildman–Crippen MR) is 103 cm³/mol. The average molecular weight is 387 g/mol. The first-order valence-corrected chi connectivity index (χ1v) is 10.3. The Morgan fingerprint density at radius 1 is 1.21 bits per heavy atom. The van der Waals surface area contributed by atoms with E-state index in [0.29, 0.717) is 6.54 Å². The predicted octanol–water partition coefficient (Wildman–Crippen LogP) is 1.46. The largest absolute Gasteiger partial charge is 0.351 e. The van der Waals surface area contributed by atoms with Gasteiger partial charge in [0.15, 0.2) is 5.69 Å². The second-order valence-corrected chi connectivity index (χ2v) is 8.83. The van der Waals surface area contributed by atoms with E-state index in [1.165, 1.54) is 6.33 Å². The minimum atomic E-state index is -0.972. The van der Waals surface area contributed by atoms with Crippen molar-refractivity contribution >= 4 is 17.7 Å². The van der Waals surface area contributed by atoms with Crippen molar-refractivity contribution in [3.05, 3.63) is 17.7 Å². The Morgan fingerprint density at radius 3 is 2.50 bits per heavy atom. The van der Waals surface area contributed by atoms with E-state index < -0.39 is 5.54 Å². The molecule has 0 saturated heterocycles. The van der Waals surface area contributed by atoms with Crippen molar-refractivity contribution in [2.75, 3.05) is 0 Å². The van der Waals surface area contributed by atoms with Gasteiger partial charge in [-0.25, -0.2) is 4.98 Å².